The van der Waals surface area contributed by atoms with Crippen molar-refractivity contribution in [2.24, 2.45) is 0 Å². The minimum atomic E-state index is -0.343. The number of benzene rings is 1. The van der Waals surface area contributed by atoms with Crippen LogP contribution >= 0.6 is 22.9 Å². The van der Waals surface area contributed by atoms with Crippen LogP contribution in [0, 0.1) is 12.7 Å². The molecular weight excluding hydrogens is 247 g/mol. The lowest BCUT2D eigenvalue weighted by Gasteiger charge is -2.05. The normalized spacial score (nSPS) is 10.4. The first-order valence-electron chi connectivity index (χ1n) is 4.74. The van der Waals surface area contributed by atoms with Gasteiger partial charge < -0.3 is 5.32 Å². The Morgan fingerprint density at radius 3 is 2.88 bits per heavy atom. The minimum Gasteiger partial charge on any atom is -0.379 e. The second-order valence-corrected chi connectivity index (χ2v) is 4.87. The predicted molar refractivity (Wildman–Crippen MR) is 65.6 cm³/mol. The first-order valence-corrected chi connectivity index (χ1v) is 6.00. The number of aromatic nitrogens is 1. The van der Waals surface area contributed by atoms with E-state index in [0.29, 0.717) is 17.3 Å². The van der Waals surface area contributed by atoms with E-state index in [1.165, 1.54) is 12.1 Å². The quantitative estimate of drug-likeness (QED) is 0.902. The Hall–Kier alpha value is -1.13. The summed E-state index contributed by atoms with van der Waals surface area (Å²) in [6, 6.07) is 4.37. The molecular formula is C11H10ClFN2S. The van der Waals surface area contributed by atoms with Gasteiger partial charge in [0.15, 0.2) is 0 Å². The minimum absolute atomic E-state index is 0.343. The number of nitrogens with one attached hydrogen (secondary N) is 1. The van der Waals surface area contributed by atoms with Gasteiger partial charge >= 0.3 is 0 Å². The second-order valence-electron chi connectivity index (χ2n) is 3.37. The summed E-state index contributed by atoms with van der Waals surface area (Å²) in [5.41, 5.74) is 1.61. The van der Waals surface area contributed by atoms with Crippen molar-refractivity contribution in [1.29, 1.82) is 0 Å². The number of rotatable bonds is 3. The maximum Gasteiger partial charge on any atom is 0.126 e. The molecule has 0 spiro atoms. The van der Waals surface area contributed by atoms with Crippen LogP contribution in [0.15, 0.2) is 23.6 Å². The van der Waals surface area contributed by atoms with E-state index < -0.39 is 0 Å². The molecule has 1 aromatic carbocycles. The van der Waals surface area contributed by atoms with Crippen LogP contribution in [0.1, 0.15) is 10.7 Å². The summed E-state index contributed by atoms with van der Waals surface area (Å²) < 4.78 is 13.0. The molecule has 0 aliphatic heterocycles. The van der Waals surface area contributed by atoms with Gasteiger partial charge in [-0.15, -0.1) is 11.3 Å². The van der Waals surface area contributed by atoms with Crippen LogP contribution in [0.5, 0.6) is 0 Å². The first kappa shape index (κ1) is 11.4. The van der Waals surface area contributed by atoms with Crippen LogP contribution in [0.25, 0.3) is 0 Å². The van der Waals surface area contributed by atoms with Gasteiger partial charge in [-0.25, -0.2) is 9.37 Å². The van der Waals surface area contributed by atoms with E-state index in [1.54, 1.807) is 17.4 Å². The van der Waals surface area contributed by atoms with E-state index in [-0.39, 0.29) is 5.82 Å². The summed E-state index contributed by atoms with van der Waals surface area (Å²) >= 11 is 7.34. The average molecular weight is 257 g/mol. The van der Waals surface area contributed by atoms with E-state index in [0.717, 1.165) is 10.7 Å². The maximum atomic E-state index is 13.0. The van der Waals surface area contributed by atoms with Crippen molar-refractivity contribution >= 4 is 28.6 Å². The molecule has 0 saturated heterocycles. The van der Waals surface area contributed by atoms with Crippen molar-refractivity contribution < 1.29 is 4.39 Å². The second kappa shape index (κ2) is 4.80. The topological polar surface area (TPSA) is 24.9 Å². The van der Waals surface area contributed by atoms with E-state index >= 15 is 0 Å². The summed E-state index contributed by atoms with van der Waals surface area (Å²) in [6.45, 7) is 2.53. The number of hydrogen-bond acceptors (Lipinski definition) is 3. The summed E-state index contributed by atoms with van der Waals surface area (Å²) in [4.78, 5) is 4.30. The summed E-state index contributed by atoms with van der Waals surface area (Å²) in [5.74, 6) is -0.343. The van der Waals surface area contributed by atoms with Crippen molar-refractivity contribution in [3.05, 3.63) is 45.1 Å². The third-order valence-electron chi connectivity index (χ3n) is 2.00. The fraction of sp³-hybridized carbons (Fsp3) is 0.182. The van der Waals surface area contributed by atoms with Gasteiger partial charge in [0.25, 0.3) is 0 Å². The van der Waals surface area contributed by atoms with Crippen molar-refractivity contribution in [1.82, 2.24) is 4.98 Å². The molecule has 84 valence electrons. The third-order valence-corrected chi connectivity index (χ3v) is 3.04. The Morgan fingerprint density at radius 2 is 2.25 bits per heavy atom. The highest BCUT2D eigenvalue weighted by molar-refractivity contribution is 7.09. The number of aryl methyl sites for hydroxylation is 1. The molecule has 0 amide bonds. The molecule has 1 aromatic heterocycles. The standard InChI is InChI=1S/C11H10ClFN2S/c1-7-15-11(6-16-7)5-14-10-3-8(12)2-9(13)4-10/h2-4,6,14H,5H2,1H3. The van der Waals surface area contributed by atoms with E-state index in [9.17, 15) is 4.39 Å². The molecule has 1 N–H and O–H groups in total. The number of halogens is 2. The van der Waals surface area contributed by atoms with Crippen LogP contribution in [0.3, 0.4) is 0 Å². The summed E-state index contributed by atoms with van der Waals surface area (Å²) in [6.07, 6.45) is 0. The van der Waals surface area contributed by atoms with Crippen molar-refractivity contribution in [2.45, 2.75) is 13.5 Å². The van der Waals surface area contributed by atoms with Crippen LogP contribution < -0.4 is 5.32 Å². The van der Waals surface area contributed by atoms with Crippen LogP contribution in [0.2, 0.25) is 5.02 Å². The van der Waals surface area contributed by atoms with Gasteiger partial charge in [-0.2, -0.15) is 0 Å². The Labute approximate surface area is 102 Å². The number of thiazole rings is 1. The molecule has 2 rings (SSSR count). The molecule has 2 nitrogen and oxygen atoms in total. The molecule has 5 heteroatoms. The lowest BCUT2D eigenvalue weighted by atomic mass is 10.3. The van der Waals surface area contributed by atoms with Crippen LogP contribution in [0.4, 0.5) is 10.1 Å². The largest absolute Gasteiger partial charge is 0.379 e. The Kier molecular flexibility index (Phi) is 3.41. The highest BCUT2D eigenvalue weighted by Crippen LogP contribution is 2.19. The molecule has 0 bridgehead atoms. The van der Waals surface area contributed by atoms with E-state index in [1.807, 2.05) is 12.3 Å². The number of nitrogens with zero attached hydrogens (tertiary/aromatic N) is 1. The smallest absolute Gasteiger partial charge is 0.126 e. The zero-order valence-corrected chi connectivity index (χ0v) is 10.2. The molecule has 0 radical (unpaired) electrons. The molecule has 0 aliphatic rings. The highest BCUT2D eigenvalue weighted by atomic mass is 35.5. The molecule has 2 aromatic rings. The van der Waals surface area contributed by atoms with Gasteiger partial charge in [0.05, 0.1) is 17.2 Å². The molecule has 0 atom stereocenters. The lowest BCUT2D eigenvalue weighted by molar-refractivity contribution is 0.628. The Morgan fingerprint density at radius 1 is 1.44 bits per heavy atom. The maximum absolute atomic E-state index is 13.0. The monoisotopic (exact) mass is 256 g/mol. The zero-order chi connectivity index (χ0) is 11.5. The zero-order valence-electron chi connectivity index (χ0n) is 8.63. The van der Waals surface area contributed by atoms with Crippen LogP contribution in [-0.4, -0.2) is 4.98 Å². The molecule has 1 heterocycles. The molecule has 0 saturated carbocycles. The average Bonchev–Trinajstić information content (AvgIpc) is 2.60. The fourth-order valence-corrected chi connectivity index (χ4v) is 2.17. The van der Waals surface area contributed by atoms with Gasteiger partial charge in [0, 0.05) is 16.1 Å². The molecule has 16 heavy (non-hydrogen) atoms. The fourth-order valence-electron chi connectivity index (χ4n) is 1.34. The van der Waals surface area contributed by atoms with Crippen molar-refractivity contribution in [3.8, 4) is 0 Å². The SMILES string of the molecule is Cc1nc(CNc2cc(F)cc(Cl)c2)cs1. The van der Waals surface area contributed by atoms with E-state index in [2.05, 4.69) is 10.3 Å². The Bertz CT molecular complexity index is 478. The third kappa shape index (κ3) is 2.93. The summed E-state index contributed by atoms with van der Waals surface area (Å²) in [5, 5.41) is 6.46. The Balaban J connectivity index is 2.04. The predicted octanol–water partition coefficient (Wildman–Crippen LogP) is 3.86. The molecule has 0 aliphatic carbocycles. The van der Waals surface area contributed by atoms with Crippen LogP contribution in [-0.2, 0) is 6.54 Å². The lowest BCUT2D eigenvalue weighted by Crippen LogP contribution is -2.00. The number of hydrogen-bond donors (Lipinski definition) is 1. The van der Waals surface area contributed by atoms with Gasteiger partial charge in [-0.05, 0) is 25.1 Å². The first-order chi connectivity index (χ1) is 7.63. The number of anilines is 1. The molecule has 0 unspecified atom stereocenters. The highest BCUT2D eigenvalue weighted by Gasteiger charge is 2.01. The summed E-state index contributed by atoms with van der Waals surface area (Å²) in [7, 11) is 0. The van der Waals surface area contributed by atoms with Gasteiger partial charge in [0.1, 0.15) is 5.82 Å². The van der Waals surface area contributed by atoms with Crippen molar-refractivity contribution in [2.75, 3.05) is 5.32 Å². The van der Waals surface area contributed by atoms with Gasteiger partial charge in [-0.1, -0.05) is 11.6 Å². The van der Waals surface area contributed by atoms with Crippen molar-refractivity contribution in [3.63, 3.8) is 0 Å². The van der Waals surface area contributed by atoms with E-state index in [4.69, 9.17) is 11.6 Å². The van der Waals surface area contributed by atoms with Gasteiger partial charge in [0.2, 0.25) is 0 Å². The molecule has 0 fully saturated rings. The van der Waals surface area contributed by atoms with Gasteiger partial charge in [-0.3, -0.25) is 0 Å².